The maximum Gasteiger partial charge on any atom is 0.264 e. The molecule has 2 aromatic carbocycles. The van der Waals surface area contributed by atoms with Crippen molar-refractivity contribution in [3.05, 3.63) is 84.2 Å². The molecule has 0 saturated carbocycles. The van der Waals surface area contributed by atoms with Crippen LogP contribution in [-0.2, 0) is 33.3 Å². The number of amides is 4. The topological polar surface area (TPSA) is 211 Å². The monoisotopic (exact) mass is 849 g/mol. The first-order valence-electron chi connectivity index (χ1n) is 20.6. The summed E-state index contributed by atoms with van der Waals surface area (Å²) < 4.78 is 28.0. The van der Waals surface area contributed by atoms with E-state index in [4.69, 9.17) is 28.7 Å². The number of benzene rings is 2. The second kappa shape index (κ2) is 21.5. The quantitative estimate of drug-likeness (QED) is 0.0515. The Morgan fingerprint density at radius 3 is 1.98 bits per heavy atom. The number of carbonyl (C=O) groups is 4. The van der Waals surface area contributed by atoms with Crippen LogP contribution in [-0.4, -0.2) is 148 Å². The molecule has 18 nitrogen and oxygen atoms in total. The second-order valence-electron chi connectivity index (χ2n) is 14.6. The van der Waals surface area contributed by atoms with E-state index in [1.165, 1.54) is 0 Å². The standard InChI is InChI=1S/C44H51N9O9/c1-52(2)38-12-7-30(28-48-38)29-6-9-35(47-27-29)41-49-33-10-8-31(26-36(33)50-41)45-14-16-58-18-20-60-22-24-62-25-23-61-21-19-59-17-15-46-34-5-3-4-32-40(34)44(57)53(43(32)56)37-11-13-39(54)51-42(37)55/h3-10,12,26-28,37,45-46H,11,13-25H2,1-2H3,(H,49,50)(H,51,54,55). The molecular weight excluding hydrogens is 799 g/mol. The largest absolute Gasteiger partial charge is 0.383 e. The van der Waals surface area contributed by atoms with Crippen LogP contribution in [0, 0.1) is 0 Å². The molecule has 2 aliphatic rings. The molecule has 1 fully saturated rings. The molecular formula is C44H51N9O9. The van der Waals surface area contributed by atoms with Gasteiger partial charge in [0.05, 0.1) is 88.2 Å². The Morgan fingerprint density at radius 1 is 0.726 bits per heavy atom. The van der Waals surface area contributed by atoms with Crippen molar-refractivity contribution in [3.8, 4) is 22.6 Å². The molecule has 4 amide bonds. The van der Waals surface area contributed by atoms with Gasteiger partial charge in [-0.05, 0) is 55.0 Å². The van der Waals surface area contributed by atoms with Gasteiger partial charge in [0, 0.05) is 68.5 Å². The van der Waals surface area contributed by atoms with Gasteiger partial charge in [0.1, 0.15) is 17.6 Å². The average Bonchev–Trinajstić information content (AvgIpc) is 3.82. The first-order chi connectivity index (χ1) is 30.3. The fourth-order valence-corrected chi connectivity index (χ4v) is 6.94. The number of hydrogen-bond donors (Lipinski definition) is 4. The minimum Gasteiger partial charge on any atom is -0.383 e. The van der Waals surface area contributed by atoms with Crippen LogP contribution in [0.5, 0.6) is 0 Å². The number of nitrogens with one attached hydrogen (secondary N) is 4. The Hall–Kier alpha value is -6.31. The predicted octanol–water partition coefficient (Wildman–Crippen LogP) is 3.76. The molecule has 1 saturated heterocycles. The van der Waals surface area contributed by atoms with E-state index in [1.54, 1.807) is 18.2 Å². The SMILES string of the molecule is CN(C)c1ccc(-c2ccc(-c3nc4ccc(NCCOCCOCCOCCOCCOCCNc5cccc6c5C(=O)N(C5CCC(=O)NC5=O)C6=O)cc4[nH]3)nc2)cn1. The van der Waals surface area contributed by atoms with Crippen molar-refractivity contribution in [1.29, 1.82) is 0 Å². The molecule has 18 heteroatoms. The molecule has 3 aromatic heterocycles. The van der Waals surface area contributed by atoms with E-state index in [1.807, 2.05) is 73.9 Å². The molecule has 5 aromatic rings. The lowest BCUT2D eigenvalue weighted by Gasteiger charge is -2.27. The van der Waals surface area contributed by atoms with E-state index in [0.717, 1.165) is 44.3 Å². The summed E-state index contributed by atoms with van der Waals surface area (Å²) in [5, 5.41) is 8.73. The summed E-state index contributed by atoms with van der Waals surface area (Å²) in [6, 6.07) is 17.9. The van der Waals surface area contributed by atoms with E-state index in [2.05, 4.69) is 30.9 Å². The molecule has 326 valence electrons. The number of hydrogen-bond acceptors (Lipinski definition) is 15. The van der Waals surface area contributed by atoms with Crippen LogP contribution in [0.25, 0.3) is 33.7 Å². The molecule has 1 atom stereocenters. The van der Waals surface area contributed by atoms with Gasteiger partial charge in [-0.2, -0.15) is 0 Å². The number of carbonyl (C=O) groups excluding carboxylic acids is 4. The Kier molecular flexibility index (Phi) is 15.2. The van der Waals surface area contributed by atoms with Gasteiger partial charge in [-0.3, -0.25) is 34.4 Å². The van der Waals surface area contributed by atoms with Crippen molar-refractivity contribution in [2.45, 2.75) is 18.9 Å². The van der Waals surface area contributed by atoms with Gasteiger partial charge in [0.25, 0.3) is 11.8 Å². The highest BCUT2D eigenvalue weighted by Crippen LogP contribution is 2.32. The normalized spacial score (nSPS) is 15.0. The van der Waals surface area contributed by atoms with Crippen LogP contribution in [0.4, 0.5) is 17.2 Å². The van der Waals surface area contributed by atoms with E-state index in [9.17, 15) is 19.2 Å². The van der Waals surface area contributed by atoms with E-state index >= 15 is 0 Å². The lowest BCUT2D eigenvalue weighted by molar-refractivity contribution is -0.136. The molecule has 4 N–H and O–H groups in total. The van der Waals surface area contributed by atoms with Gasteiger partial charge in [-0.1, -0.05) is 12.1 Å². The average molecular weight is 850 g/mol. The molecule has 0 radical (unpaired) electrons. The zero-order valence-electron chi connectivity index (χ0n) is 34.8. The highest BCUT2D eigenvalue weighted by Gasteiger charge is 2.45. The van der Waals surface area contributed by atoms with Crippen LogP contribution in [0.3, 0.4) is 0 Å². The Morgan fingerprint density at radius 2 is 1.37 bits per heavy atom. The van der Waals surface area contributed by atoms with Gasteiger partial charge in [-0.25, -0.2) is 9.97 Å². The smallest absolute Gasteiger partial charge is 0.264 e. The first kappa shape index (κ1) is 43.8. The summed E-state index contributed by atoms with van der Waals surface area (Å²) in [7, 11) is 3.93. The number of piperidine rings is 1. The zero-order valence-corrected chi connectivity index (χ0v) is 34.8. The number of ether oxygens (including phenoxy) is 5. The minimum absolute atomic E-state index is 0.0645. The van der Waals surface area contributed by atoms with Crippen molar-refractivity contribution >= 4 is 51.9 Å². The zero-order chi connectivity index (χ0) is 43.3. The number of anilines is 3. The Labute approximate surface area is 358 Å². The number of imide groups is 2. The summed E-state index contributed by atoms with van der Waals surface area (Å²) in [5.74, 6) is -0.561. The minimum atomic E-state index is -1.01. The van der Waals surface area contributed by atoms with Crippen LogP contribution in [0.2, 0.25) is 0 Å². The number of rotatable bonds is 24. The summed E-state index contributed by atoms with van der Waals surface area (Å²) in [6.45, 7) is 5.32. The third-order valence-corrected chi connectivity index (χ3v) is 10.1. The molecule has 2 aliphatic heterocycles. The predicted molar refractivity (Wildman–Crippen MR) is 231 cm³/mol. The summed E-state index contributed by atoms with van der Waals surface area (Å²) in [6.07, 6.45) is 3.86. The van der Waals surface area contributed by atoms with Crippen LogP contribution in [0.15, 0.2) is 73.1 Å². The van der Waals surface area contributed by atoms with Gasteiger partial charge in [-0.15, -0.1) is 0 Å². The van der Waals surface area contributed by atoms with E-state index in [-0.39, 0.29) is 24.0 Å². The Bertz CT molecular complexity index is 2320. The molecule has 0 bridgehead atoms. The second-order valence-corrected chi connectivity index (χ2v) is 14.6. The first-order valence-corrected chi connectivity index (χ1v) is 20.6. The number of fused-ring (bicyclic) bond motifs is 2. The number of nitrogens with zero attached hydrogens (tertiary/aromatic N) is 5. The molecule has 7 rings (SSSR count). The molecule has 62 heavy (non-hydrogen) atoms. The van der Waals surface area contributed by atoms with E-state index < -0.39 is 29.7 Å². The highest BCUT2D eigenvalue weighted by atomic mass is 16.6. The van der Waals surface area contributed by atoms with Crippen LogP contribution >= 0.6 is 0 Å². The molecule has 0 aliphatic carbocycles. The van der Waals surface area contributed by atoms with Gasteiger partial charge in [0.2, 0.25) is 11.8 Å². The van der Waals surface area contributed by atoms with Crippen LogP contribution < -0.4 is 20.9 Å². The maximum atomic E-state index is 13.2. The van der Waals surface area contributed by atoms with Crippen molar-refractivity contribution < 1.29 is 42.9 Å². The summed E-state index contributed by atoms with van der Waals surface area (Å²) in [4.78, 5) is 70.2. The van der Waals surface area contributed by atoms with Gasteiger partial charge >= 0.3 is 0 Å². The van der Waals surface area contributed by atoms with Crippen molar-refractivity contribution in [1.82, 2.24) is 30.2 Å². The summed E-state index contributed by atoms with van der Waals surface area (Å²) >= 11 is 0. The van der Waals surface area contributed by atoms with Crippen molar-refractivity contribution in [3.63, 3.8) is 0 Å². The Balaban J connectivity index is 0.675. The van der Waals surface area contributed by atoms with Crippen molar-refractivity contribution in [2.75, 3.05) is 109 Å². The third kappa shape index (κ3) is 11.1. The third-order valence-electron chi connectivity index (χ3n) is 10.1. The maximum absolute atomic E-state index is 13.2. The van der Waals surface area contributed by atoms with Crippen molar-refractivity contribution in [2.24, 2.45) is 0 Å². The number of aromatic nitrogens is 4. The number of imidazole rings is 1. The fraction of sp³-hybridized carbons (Fsp3) is 0.386. The molecule has 1 unspecified atom stereocenters. The molecule has 0 spiro atoms. The van der Waals surface area contributed by atoms with Crippen LogP contribution in [0.1, 0.15) is 33.6 Å². The van der Waals surface area contributed by atoms with Gasteiger partial charge in [0.15, 0.2) is 5.82 Å². The number of pyridine rings is 2. The fourth-order valence-electron chi connectivity index (χ4n) is 6.94. The van der Waals surface area contributed by atoms with E-state index in [0.29, 0.717) is 90.7 Å². The summed E-state index contributed by atoms with van der Waals surface area (Å²) in [5.41, 5.74) is 6.39. The molecule has 5 heterocycles. The van der Waals surface area contributed by atoms with Gasteiger partial charge < -0.3 is 44.2 Å². The lowest BCUT2D eigenvalue weighted by atomic mass is 10.0. The number of aromatic amines is 1. The highest BCUT2D eigenvalue weighted by molar-refractivity contribution is 6.25. The lowest BCUT2D eigenvalue weighted by Crippen LogP contribution is -2.54. The number of H-pyrrole nitrogens is 1.